The van der Waals surface area contributed by atoms with Crippen LogP contribution in [-0.2, 0) is 14.2 Å². The fourth-order valence-corrected chi connectivity index (χ4v) is 2.57. The van der Waals surface area contributed by atoms with Crippen molar-refractivity contribution in [2.45, 2.75) is 68.6 Å². The average molecular weight is 309 g/mol. The van der Waals surface area contributed by atoms with E-state index in [1.54, 1.807) is 6.92 Å². The molecule has 0 amide bonds. The van der Waals surface area contributed by atoms with Gasteiger partial charge in [0.25, 0.3) is 0 Å². The van der Waals surface area contributed by atoms with Gasteiger partial charge in [-0.1, -0.05) is 0 Å². The third-order valence-electron chi connectivity index (χ3n) is 3.91. The zero-order valence-corrected chi connectivity index (χ0v) is 11.6. The van der Waals surface area contributed by atoms with Crippen LogP contribution in [0.25, 0.3) is 0 Å². The third-order valence-corrected chi connectivity index (χ3v) is 3.91. The Morgan fingerprint density at radius 2 is 1.81 bits per heavy atom. The van der Waals surface area contributed by atoms with Crippen molar-refractivity contribution in [1.82, 2.24) is 0 Å². The summed E-state index contributed by atoms with van der Waals surface area (Å²) in [6.45, 7) is 1.09. The second-order valence-corrected chi connectivity index (χ2v) is 5.48. The summed E-state index contributed by atoms with van der Waals surface area (Å²) in [5, 5.41) is 48.0. The molecule has 2 saturated heterocycles. The molecule has 0 aromatic rings. The lowest BCUT2D eigenvalue weighted by Gasteiger charge is -2.43. The predicted octanol–water partition coefficient (Wildman–Crippen LogP) is -3.37. The molecule has 124 valence electrons. The number of hydrogen-bond acceptors (Lipinski definition) is 9. The monoisotopic (exact) mass is 309 g/mol. The Balaban J connectivity index is 1.98. The summed E-state index contributed by atoms with van der Waals surface area (Å²) in [5.74, 6) is 0. The van der Waals surface area contributed by atoms with Crippen molar-refractivity contribution in [1.29, 1.82) is 0 Å². The summed E-state index contributed by atoms with van der Waals surface area (Å²) >= 11 is 0. The van der Waals surface area contributed by atoms with E-state index >= 15 is 0 Å². The van der Waals surface area contributed by atoms with E-state index in [-0.39, 0.29) is 6.42 Å². The quantitative estimate of drug-likeness (QED) is 0.313. The van der Waals surface area contributed by atoms with E-state index in [1.165, 1.54) is 0 Å². The number of ether oxygens (including phenoxy) is 3. The zero-order valence-electron chi connectivity index (χ0n) is 11.6. The van der Waals surface area contributed by atoms with Gasteiger partial charge in [0.15, 0.2) is 12.6 Å². The van der Waals surface area contributed by atoms with Crippen molar-refractivity contribution in [3.05, 3.63) is 0 Å². The van der Waals surface area contributed by atoms with E-state index < -0.39 is 61.9 Å². The zero-order chi connectivity index (χ0) is 15.7. The fourth-order valence-electron chi connectivity index (χ4n) is 2.57. The van der Waals surface area contributed by atoms with Crippen molar-refractivity contribution >= 4 is 0 Å². The molecule has 2 heterocycles. The van der Waals surface area contributed by atoms with E-state index in [1.807, 2.05) is 0 Å². The molecule has 9 atom stereocenters. The Kier molecular flexibility index (Phi) is 5.52. The van der Waals surface area contributed by atoms with E-state index in [2.05, 4.69) is 0 Å². The number of aliphatic hydroxyl groups excluding tert-OH is 5. The lowest BCUT2D eigenvalue weighted by Crippen LogP contribution is -2.64. The van der Waals surface area contributed by atoms with Crippen LogP contribution in [0.3, 0.4) is 0 Å². The van der Waals surface area contributed by atoms with E-state index in [0.717, 1.165) is 0 Å². The Labute approximate surface area is 121 Å². The van der Waals surface area contributed by atoms with Gasteiger partial charge in [0, 0.05) is 6.42 Å². The molecule has 0 unspecified atom stereocenters. The number of nitrogens with two attached hydrogens (primary N) is 1. The number of aliphatic hydroxyl groups is 5. The van der Waals surface area contributed by atoms with E-state index in [4.69, 9.17) is 25.1 Å². The number of hydrogen-bond donors (Lipinski definition) is 6. The average Bonchev–Trinajstić information content (AvgIpc) is 2.44. The first-order chi connectivity index (χ1) is 9.85. The molecule has 0 saturated carbocycles. The molecule has 0 radical (unpaired) electrons. The highest BCUT2D eigenvalue weighted by atomic mass is 16.7. The summed E-state index contributed by atoms with van der Waals surface area (Å²) < 4.78 is 15.9. The van der Waals surface area contributed by atoms with E-state index in [0.29, 0.717) is 0 Å². The normalized spacial score (nSPS) is 51.9. The first-order valence-electron chi connectivity index (χ1n) is 6.90. The summed E-state index contributed by atoms with van der Waals surface area (Å²) in [7, 11) is 0. The maximum Gasteiger partial charge on any atom is 0.183 e. The maximum atomic E-state index is 9.87. The van der Waals surface area contributed by atoms with Gasteiger partial charge >= 0.3 is 0 Å². The molecule has 0 aromatic carbocycles. The van der Waals surface area contributed by atoms with Crippen molar-refractivity contribution in [2.24, 2.45) is 5.73 Å². The topological polar surface area (TPSA) is 155 Å². The minimum atomic E-state index is -1.44. The lowest BCUT2D eigenvalue weighted by atomic mass is 9.97. The van der Waals surface area contributed by atoms with Crippen molar-refractivity contribution < 1.29 is 39.7 Å². The van der Waals surface area contributed by atoms with Crippen LogP contribution in [0.1, 0.15) is 13.3 Å². The molecule has 2 rings (SSSR count). The van der Waals surface area contributed by atoms with Crippen LogP contribution in [0.2, 0.25) is 0 Å². The van der Waals surface area contributed by atoms with Crippen LogP contribution in [0, 0.1) is 0 Å². The van der Waals surface area contributed by atoms with Crippen LogP contribution in [0.4, 0.5) is 0 Å². The standard InChI is InChI=1S/C12H23NO8/c1-4-9(16)5(15)2-7(19-4)21-11-8(13)10(17)6(3-14)20-12(11)18/h4-12,14-18H,2-3,13H2,1H3/t4-,5-,6+,7+,8-,9+,10-,11+,12+/m0/s1. The van der Waals surface area contributed by atoms with Gasteiger partial charge in [-0.05, 0) is 6.92 Å². The van der Waals surface area contributed by atoms with Gasteiger partial charge in [-0.15, -0.1) is 0 Å². The fraction of sp³-hybridized carbons (Fsp3) is 1.00. The first-order valence-corrected chi connectivity index (χ1v) is 6.90. The van der Waals surface area contributed by atoms with Crippen molar-refractivity contribution in [2.75, 3.05) is 6.61 Å². The van der Waals surface area contributed by atoms with Crippen LogP contribution >= 0.6 is 0 Å². The van der Waals surface area contributed by atoms with Gasteiger partial charge in [0.05, 0.1) is 24.9 Å². The molecular weight excluding hydrogens is 286 g/mol. The van der Waals surface area contributed by atoms with E-state index in [9.17, 15) is 20.4 Å². The Bertz CT molecular complexity index is 333. The van der Waals surface area contributed by atoms with Gasteiger partial charge in [-0.25, -0.2) is 0 Å². The van der Waals surface area contributed by atoms with Crippen molar-refractivity contribution in [3.8, 4) is 0 Å². The molecule has 2 fully saturated rings. The molecule has 0 bridgehead atoms. The molecule has 0 aromatic heterocycles. The molecule has 0 spiro atoms. The predicted molar refractivity (Wildman–Crippen MR) is 67.8 cm³/mol. The Morgan fingerprint density at radius 1 is 1.14 bits per heavy atom. The first kappa shape index (κ1) is 17.0. The van der Waals surface area contributed by atoms with Crippen molar-refractivity contribution in [3.63, 3.8) is 0 Å². The lowest BCUT2D eigenvalue weighted by molar-refractivity contribution is -0.322. The molecular formula is C12H23NO8. The van der Waals surface area contributed by atoms with Crippen LogP contribution in [-0.4, -0.2) is 87.4 Å². The largest absolute Gasteiger partial charge is 0.394 e. The van der Waals surface area contributed by atoms with Gasteiger partial charge in [0.1, 0.15) is 24.4 Å². The van der Waals surface area contributed by atoms with Crippen LogP contribution in [0.15, 0.2) is 0 Å². The van der Waals surface area contributed by atoms with Gasteiger partial charge in [-0.2, -0.15) is 0 Å². The van der Waals surface area contributed by atoms with Crippen LogP contribution in [0.5, 0.6) is 0 Å². The molecule has 21 heavy (non-hydrogen) atoms. The highest BCUT2D eigenvalue weighted by Gasteiger charge is 2.45. The summed E-state index contributed by atoms with van der Waals surface area (Å²) in [5.41, 5.74) is 5.80. The number of rotatable bonds is 3. The summed E-state index contributed by atoms with van der Waals surface area (Å²) in [6, 6.07) is -0.992. The second kappa shape index (κ2) is 6.82. The smallest absolute Gasteiger partial charge is 0.183 e. The molecule has 9 nitrogen and oxygen atoms in total. The summed E-state index contributed by atoms with van der Waals surface area (Å²) in [6.07, 6.45) is -8.31. The van der Waals surface area contributed by atoms with Gasteiger partial charge in [0.2, 0.25) is 0 Å². The highest BCUT2D eigenvalue weighted by molar-refractivity contribution is 4.93. The Hall–Kier alpha value is -0.360. The minimum Gasteiger partial charge on any atom is -0.394 e. The van der Waals surface area contributed by atoms with Gasteiger partial charge in [-0.3, -0.25) is 0 Å². The molecule has 2 aliphatic heterocycles. The molecule has 9 heteroatoms. The second-order valence-electron chi connectivity index (χ2n) is 5.48. The third kappa shape index (κ3) is 3.52. The minimum absolute atomic E-state index is 0.000963. The molecule has 7 N–H and O–H groups in total. The SMILES string of the molecule is C[C@@H]1O[C@H](O[C@@H]2[C@@H](N)[C@@H](O)[C@@H](CO)O[C@H]2O)C[C@H](O)[C@@H]1O. The Morgan fingerprint density at radius 3 is 2.38 bits per heavy atom. The van der Waals surface area contributed by atoms with Gasteiger partial charge < -0.3 is 45.5 Å². The maximum absolute atomic E-state index is 9.87. The van der Waals surface area contributed by atoms with Crippen LogP contribution < -0.4 is 5.73 Å². The molecule has 2 aliphatic rings. The highest BCUT2D eigenvalue weighted by Crippen LogP contribution is 2.27. The summed E-state index contributed by atoms with van der Waals surface area (Å²) in [4.78, 5) is 0. The molecule has 0 aliphatic carbocycles.